The van der Waals surface area contributed by atoms with Gasteiger partial charge in [-0.1, -0.05) is 42.5 Å². The Morgan fingerprint density at radius 1 is 1.22 bits per heavy atom. The first-order chi connectivity index (χ1) is 17.3. The van der Waals surface area contributed by atoms with E-state index in [9.17, 15) is 13.2 Å². The summed E-state index contributed by atoms with van der Waals surface area (Å²) in [6.07, 6.45) is 14.0. The van der Waals surface area contributed by atoms with Gasteiger partial charge in [-0.05, 0) is 80.2 Å². The number of hydroxylamine groups is 1. The van der Waals surface area contributed by atoms with Gasteiger partial charge in [-0.2, -0.15) is 0 Å². The maximum Gasteiger partial charge on any atom is 0.272 e. The number of rotatable bonds is 9. The highest BCUT2D eigenvalue weighted by molar-refractivity contribution is 7.91. The van der Waals surface area contributed by atoms with Crippen molar-refractivity contribution in [3.63, 3.8) is 0 Å². The molecule has 0 radical (unpaired) electrons. The normalized spacial score (nSPS) is 21.6. The van der Waals surface area contributed by atoms with Gasteiger partial charge in [-0.25, -0.2) is 17.9 Å². The van der Waals surface area contributed by atoms with Crippen molar-refractivity contribution in [2.75, 3.05) is 26.7 Å². The van der Waals surface area contributed by atoms with Crippen LogP contribution in [0.15, 0.2) is 73.1 Å². The van der Waals surface area contributed by atoms with Crippen LogP contribution in [0.3, 0.4) is 0 Å². The summed E-state index contributed by atoms with van der Waals surface area (Å²) in [6.45, 7) is 2.44. The molecule has 8 nitrogen and oxygen atoms in total. The molecule has 0 saturated carbocycles. The second-order valence-corrected chi connectivity index (χ2v) is 11.4. The van der Waals surface area contributed by atoms with E-state index in [1.807, 2.05) is 42.5 Å². The average Bonchev–Trinajstić information content (AvgIpc) is 3.39. The summed E-state index contributed by atoms with van der Waals surface area (Å²) in [7, 11) is -1.87. The largest absolute Gasteiger partial charge is 0.354 e. The summed E-state index contributed by atoms with van der Waals surface area (Å²) in [4.78, 5) is 12.1. The number of piperidine rings is 1. The Hall–Kier alpha value is -2.98. The topological polar surface area (TPSA) is 101 Å². The number of hydrogen-bond donors (Lipinski definition) is 2. The van der Waals surface area contributed by atoms with Gasteiger partial charge in [0, 0.05) is 31.5 Å². The molecule has 9 heteroatoms. The van der Waals surface area contributed by atoms with Crippen molar-refractivity contribution < 1.29 is 23.2 Å². The average molecular weight is 512 g/mol. The number of carbonyl (C=O) groups excluding carboxylic acids is 1. The number of ether oxygens (including phenoxy) is 1. The van der Waals surface area contributed by atoms with Crippen molar-refractivity contribution in [1.82, 2.24) is 14.4 Å². The van der Waals surface area contributed by atoms with Crippen LogP contribution in [-0.2, 0) is 19.6 Å². The molecule has 0 bridgehead atoms. The monoisotopic (exact) mass is 511 g/mol. The van der Waals surface area contributed by atoms with Gasteiger partial charge in [0.25, 0.3) is 15.9 Å². The van der Waals surface area contributed by atoms with E-state index in [0.29, 0.717) is 18.1 Å². The van der Waals surface area contributed by atoms with Crippen molar-refractivity contribution in [3.8, 4) is 0 Å². The number of hydrogen-bond acceptors (Lipinski definition) is 6. The molecule has 1 fully saturated rings. The highest BCUT2D eigenvalue weighted by Crippen LogP contribution is 2.36. The maximum atomic E-state index is 13.9. The van der Waals surface area contributed by atoms with Crippen molar-refractivity contribution in [3.05, 3.63) is 84.2 Å². The van der Waals surface area contributed by atoms with Crippen LogP contribution in [0.25, 0.3) is 11.6 Å². The third-order valence-corrected chi connectivity index (χ3v) is 8.96. The Morgan fingerprint density at radius 3 is 2.64 bits per heavy atom. The van der Waals surface area contributed by atoms with Crippen LogP contribution >= 0.6 is 0 Å². The van der Waals surface area contributed by atoms with Gasteiger partial charge < -0.3 is 9.64 Å². The minimum Gasteiger partial charge on any atom is -0.354 e. The fourth-order valence-electron chi connectivity index (χ4n) is 4.60. The van der Waals surface area contributed by atoms with E-state index >= 15 is 0 Å². The number of nitrogens with one attached hydrogen (secondary N) is 1. The fraction of sp³-hybridized carbons (Fsp3) is 0.370. The fourth-order valence-corrected chi connectivity index (χ4v) is 6.20. The van der Waals surface area contributed by atoms with Crippen LogP contribution in [0.5, 0.6) is 0 Å². The number of benzene rings is 1. The second kappa shape index (κ2) is 11.4. The van der Waals surface area contributed by atoms with E-state index in [1.165, 1.54) is 23.9 Å². The Morgan fingerprint density at radius 2 is 1.97 bits per heavy atom. The van der Waals surface area contributed by atoms with Crippen LogP contribution in [0.1, 0.15) is 36.8 Å². The smallest absolute Gasteiger partial charge is 0.272 e. The molecule has 1 saturated heterocycles. The van der Waals surface area contributed by atoms with Crippen LogP contribution in [0.4, 0.5) is 0 Å². The molecule has 2 heterocycles. The quantitative estimate of drug-likeness (QED) is 0.303. The Labute approximate surface area is 212 Å². The zero-order chi connectivity index (χ0) is 25.6. The Kier molecular flexibility index (Phi) is 8.25. The van der Waals surface area contributed by atoms with Gasteiger partial charge in [0.1, 0.15) is 0 Å². The lowest BCUT2D eigenvalue weighted by Crippen LogP contribution is -2.44. The molecule has 2 aliphatic rings. The van der Waals surface area contributed by atoms with E-state index in [4.69, 9.17) is 9.94 Å². The summed E-state index contributed by atoms with van der Waals surface area (Å²) < 4.78 is 35.2. The molecule has 1 aliphatic heterocycles. The van der Waals surface area contributed by atoms with Gasteiger partial charge in [-0.3, -0.25) is 10.0 Å². The minimum atomic E-state index is -3.99. The number of aromatic nitrogens is 1. The molecule has 1 unspecified atom stereocenters. The zero-order valence-electron chi connectivity index (χ0n) is 20.4. The molecule has 192 valence electrons. The van der Waals surface area contributed by atoms with Crippen molar-refractivity contribution >= 4 is 27.6 Å². The Balaban J connectivity index is 1.56. The molecular formula is C27H33N3O5S. The molecule has 36 heavy (non-hydrogen) atoms. The molecule has 1 atom stereocenters. The van der Waals surface area contributed by atoms with Gasteiger partial charge in [0.05, 0.1) is 0 Å². The lowest BCUT2D eigenvalue weighted by Gasteiger charge is -2.34. The molecule has 2 aromatic rings. The lowest BCUT2D eigenvalue weighted by atomic mass is 9.94. The van der Waals surface area contributed by atoms with Crippen LogP contribution in [-0.4, -0.2) is 60.1 Å². The lowest BCUT2D eigenvalue weighted by molar-refractivity contribution is -0.124. The first-order valence-electron chi connectivity index (χ1n) is 12.2. The molecule has 1 aliphatic carbocycles. The third-order valence-electron chi connectivity index (χ3n) is 6.88. The molecule has 2 N–H and O–H groups in total. The Bertz CT molecular complexity index is 1240. The highest BCUT2D eigenvalue weighted by atomic mass is 32.2. The summed E-state index contributed by atoms with van der Waals surface area (Å²) in [6, 6.07) is 11.4. The SMILES string of the molecule is CN1CCC(CCOC2(S(=O)(=O)n3ccc(C=CC(=O)NO)c3)C=CC(c3ccccc3)=CC2)CC1. The van der Waals surface area contributed by atoms with E-state index in [0.717, 1.165) is 53.5 Å². The maximum absolute atomic E-state index is 13.9. The molecule has 0 spiro atoms. The van der Waals surface area contributed by atoms with Crippen LogP contribution in [0.2, 0.25) is 0 Å². The van der Waals surface area contributed by atoms with Crippen molar-refractivity contribution in [1.29, 1.82) is 0 Å². The number of likely N-dealkylation sites (tertiary alicyclic amines) is 1. The van der Waals surface area contributed by atoms with E-state index in [1.54, 1.807) is 12.1 Å². The van der Waals surface area contributed by atoms with E-state index < -0.39 is 20.9 Å². The molecule has 1 aromatic carbocycles. The highest BCUT2D eigenvalue weighted by Gasteiger charge is 2.44. The molecular weight excluding hydrogens is 478 g/mol. The predicted molar refractivity (Wildman–Crippen MR) is 139 cm³/mol. The van der Waals surface area contributed by atoms with Gasteiger partial charge >= 0.3 is 0 Å². The third kappa shape index (κ3) is 5.87. The van der Waals surface area contributed by atoms with Gasteiger partial charge in [0.2, 0.25) is 4.93 Å². The summed E-state index contributed by atoms with van der Waals surface area (Å²) in [5.41, 5.74) is 3.98. The second-order valence-electron chi connectivity index (χ2n) is 9.35. The number of nitrogens with zero attached hydrogens (tertiary/aromatic N) is 2. The number of carbonyl (C=O) groups is 1. The van der Waals surface area contributed by atoms with Crippen LogP contribution in [0, 0.1) is 5.92 Å². The minimum absolute atomic E-state index is 0.180. The van der Waals surface area contributed by atoms with Gasteiger partial charge in [0.15, 0.2) is 0 Å². The van der Waals surface area contributed by atoms with Crippen molar-refractivity contribution in [2.24, 2.45) is 5.92 Å². The summed E-state index contributed by atoms with van der Waals surface area (Å²) in [5.74, 6) is -0.182. The van der Waals surface area contributed by atoms with E-state index in [-0.39, 0.29) is 6.42 Å². The van der Waals surface area contributed by atoms with E-state index in [2.05, 4.69) is 11.9 Å². The number of amides is 1. The summed E-state index contributed by atoms with van der Waals surface area (Å²) >= 11 is 0. The molecule has 4 rings (SSSR count). The van der Waals surface area contributed by atoms with Crippen molar-refractivity contribution in [2.45, 2.75) is 30.6 Å². The first-order valence-corrected chi connectivity index (χ1v) is 13.6. The first kappa shape index (κ1) is 26.1. The van der Waals surface area contributed by atoms with Crippen LogP contribution < -0.4 is 5.48 Å². The summed E-state index contributed by atoms with van der Waals surface area (Å²) in [5, 5.41) is 8.66. The number of allylic oxidation sites excluding steroid dienone is 2. The standard InChI is InChI=1S/C27H33N3O5S/c1-29-17-11-22(12-18-29)14-20-35-27(15-9-25(10-16-27)24-5-3-2-4-6-24)36(33,34)30-19-13-23(21-30)7-8-26(31)28-32/h2-10,13,15,19,21-22,32H,11-12,14,16-18,20H2,1H3,(H,28,31). The van der Waals surface area contributed by atoms with Gasteiger partial charge in [-0.15, -0.1) is 0 Å². The molecule has 1 amide bonds. The predicted octanol–water partition coefficient (Wildman–Crippen LogP) is 3.67. The molecule has 1 aromatic heterocycles. The zero-order valence-corrected chi connectivity index (χ0v) is 21.2.